The number of hydrogen-bond donors (Lipinski definition) is 1. The number of allylic oxidation sites excluding steroid dienone is 1. The number of nitrogens with one attached hydrogen (secondary N) is 1. The summed E-state index contributed by atoms with van der Waals surface area (Å²) in [4.78, 5) is 22.7. The number of rotatable bonds is 2. The topological polar surface area (TPSA) is 46.2 Å². The van der Waals surface area contributed by atoms with Crippen LogP contribution in [0.2, 0.25) is 5.02 Å². The minimum Gasteiger partial charge on any atom is -0.320 e. The van der Waals surface area contributed by atoms with Crippen molar-refractivity contribution >= 4 is 35.1 Å². The Balaban J connectivity index is 2.21. The van der Waals surface area contributed by atoms with E-state index in [-0.39, 0.29) is 11.7 Å². The lowest BCUT2D eigenvalue weighted by molar-refractivity contribution is -0.117. The van der Waals surface area contributed by atoms with Crippen molar-refractivity contribution in [3.8, 4) is 0 Å². The maximum Gasteiger partial charge on any atom is 0.235 e. The Kier molecular flexibility index (Phi) is 3.31. The standard InChI is InChI=1S/C11H8ClNO2S/c12-8-4-2-1-3-7(8)9(14)5-11-13-10(15)6-16-11/h1-5H,6H2,(H,13,15)/b11-5+. The zero-order valence-electron chi connectivity index (χ0n) is 8.20. The Hall–Kier alpha value is -1.26. The first kappa shape index (κ1) is 11.2. The van der Waals surface area contributed by atoms with Gasteiger partial charge in [-0.2, -0.15) is 0 Å². The van der Waals surface area contributed by atoms with Gasteiger partial charge in [0.15, 0.2) is 5.78 Å². The highest BCUT2D eigenvalue weighted by molar-refractivity contribution is 8.04. The van der Waals surface area contributed by atoms with E-state index in [2.05, 4.69) is 5.32 Å². The summed E-state index contributed by atoms with van der Waals surface area (Å²) in [7, 11) is 0. The minimum absolute atomic E-state index is 0.0804. The fraction of sp³-hybridized carbons (Fsp3) is 0.0909. The van der Waals surface area contributed by atoms with Gasteiger partial charge in [-0.25, -0.2) is 0 Å². The summed E-state index contributed by atoms with van der Waals surface area (Å²) in [6.45, 7) is 0. The molecule has 0 saturated carbocycles. The highest BCUT2D eigenvalue weighted by Crippen LogP contribution is 2.21. The van der Waals surface area contributed by atoms with Gasteiger partial charge in [0.25, 0.3) is 0 Å². The van der Waals surface area contributed by atoms with Crippen molar-refractivity contribution in [1.82, 2.24) is 5.32 Å². The van der Waals surface area contributed by atoms with Crippen LogP contribution in [0.3, 0.4) is 0 Å². The Bertz CT molecular complexity index is 485. The second kappa shape index (κ2) is 4.72. The Morgan fingerprint density at radius 2 is 2.19 bits per heavy atom. The van der Waals surface area contributed by atoms with Gasteiger partial charge in [-0.05, 0) is 12.1 Å². The van der Waals surface area contributed by atoms with Crippen LogP contribution in [0.25, 0.3) is 0 Å². The first-order valence-corrected chi connectivity index (χ1v) is 5.96. The molecular formula is C11H8ClNO2S. The predicted molar refractivity (Wildman–Crippen MR) is 64.5 cm³/mol. The zero-order valence-corrected chi connectivity index (χ0v) is 9.77. The van der Waals surface area contributed by atoms with Crippen molar-refractivity contribution in [1.29, 1.82) is 0 Å². The van der Waals surface area contributed by atoms with Crippen molar-refractivity contribution in [3.63, 3.8) is 0 Å². The lowest BCUT2D eigenvalue weighted by atomic mass is 10.1. The molecule has 1 aliphatic rings. The lowest BCUT2D eigenvalue weighted by Crippen LogP contribution is -2.14. The molecule has 1 aromatic carbocycles. The van der Waals surface area contributed by atoms with E-state index in [4.69, 9.17) is 11.6 Å². The lowest BCUT2D eigenvalue weighted by Gasteiger charge is -2.00. The van der Waals surface area contributed by atoms with Crippen LogP contribution >= 0.6 is 23.4 Å². The van der Waals surface area contributed by atoms with E-state index in [9.17, 15) is 9.59 Å². The van der Waals surface area contributed by atoms with Gasteiger partial charge in [0.2, 0.25) is 5.91 Å². The molecule has 82 valence electrons. The summed E-state index contributed by atoms with van der Waals surface area (Å²) in [6, 6.07) is 6.83. The van der Waals surface area contributed by atoms with E-state index in [0.717, 1.165) is 0 Å². The van der Waals surface area contributed by atoms with Gasteiger partial charge in [0, 0.05) is 11.6 Å². The van der Waals surface area contributed by atoms with Crippen molar-refractivity contribution in [2.24, 2.45) is 0 Å². The van der Waals surface area contributed by atoms with Crippen LogP contribution < -0.4 is 5.32 Å². The smallest absolute Gasteiger partial charge is 0.235 e. The van der Waals surface area contributed by atoms with Crippen LogP contribution in [0.1, 0.15) is 10.4 Å². The zero-order chi connectivity index (χ0) is 11.5. The summed E-state index contributed by atoms with van der Waals surface area (Å²) in [6.07, 6.45) is 1.40. The molecule has 0 atom stereocenters. The average Bonchev–Trinajstić information content (AvgIpc) is 2.64. The van der Waals surface area contributed by atoms with Gasteiger partial charge in [0.05, 0.1) is 15.8 Å². The molecule has 0 spiro atoms. The van der Waals surface area contributed by atoms with Crippen molar-refractivity contribution in [3.05, 3.63) is 46.0 Å². The number of carbonyl (C=O) groups excluding carboxylic acids is 2. The fourth-order valence-electron chi connectivity index (χ4n) is 1.29. The Morgan fingerprint density at radius 1 is 1.44 bits per heavy atom. The van der Waals surface area contributed by atoms with E-state index in [1.54, 1.807) is 24.3 Å². The Morgan fingerprint density at radius 3 is 2.81 bits per heavy atom. The van der Waals surface area contributed by atoms with Crippen LogP contribution in [-0.4, -0.2) is 17.4 Å². The number of benzene rings is 1. The second-order valence-corrected chi connectivity index (χ2v) is 4.61. The van der Waals surface area contributed by atoms with Crippen LogP contribution in [-0.2, 0) is 4.79 Å². The van der Waals surface area contributed by atoms with E-state index >= 15 is 0 Å². The number of thioether (sulfide) groups is 1. The monoisotopic (exact) mass is 253 g/mol. The largest absolute Gasteiger partial charge is 0.320 e. The molecular weight excluding hydrogens is 246 g/mol. The van der Waals surface area contributed by atoms with E-state index in [1.807, 2.05) is 0 Å². The van der Waals surface area contributed by atoms with Crippen LogP contribution in [0.15, 0.2) is 35.4 Å². The molecule has 1 amide bonds. The van der Waals surface area contributed by atoms with Gasteiger partial charge in [-0.1, -0.05) is 35.5 Å². The molecule has 0 aliphatic carbocycles. The normalized spacial score (nSPS) is 17.6. The molecule has 1 heterocycles. The van der Waals surface area contributed by atoms with E-state index in [1.165, 1.54) is 17.8 Å². The number of carbonyl (C=O) groups is 2. The Labute approximate surface area is 102 Å². The van der Waals surface area contributed by atoms with Gasteiger partial charge >= 0.3 is 0 Å². The van der Waals surface area contributed by atoms with Crippen LogP contribution in [0, 0.1) is 0 Å². The average molecular weight is 254 g/mol. The van der Waals surface area contributed by atoms with Crippen LogP contribution in [0.4, 0.5) is 0 Å². The van der Waals surface area contributed by atoms with Gasteiger partial charge in [0.1, 0.15) is 0 Å². The SMILES string of the molecule is O=C1CS/C(=C/C(=O)c2ccccc2Cl)N1. The summed E-state index contributed by atoms with van der Waals surface area (Å²) >= 11 is 7.20. The highest BCUT2D eigenvalue weighted by Gasteiger charge is 2.17. The number of amides is 1. The fourth-order valence-corrected chi connectivity index (χ4v) is 2.25. The molecule has 0 bridgehead atoms. The third-order valence-electron chi connectivity index (χ3n) is 2.02. The number of ketones is 1. The summed E-state index contributed by atoms with van der Waals surface area (Å²) < 4.78 is 0. The van der Waals surface area contributed by atoms with E-state index in [0.29, 0.717) is 21.4 Å². The van der Waals surface area contributed by atoms with Gasteiger partial charge in [-0.15, -0.1) is 0 Å². The molecule has 0 radical (unpaired) electrons. The highest BCUT2D eigenvalue weighted by atomic mass is 35.5. The molecule has 0 unspecified atom stereocenters. The molecule has 5 heteroatoms. The van der Waals surface area contributed by atoms with E-state index < -0.39 is 0 Å². The van der Waals surface area contributed by atoms with Gasteiger partial charge < -0.3 is 5.32 Å². The quantitative estimate of drug-likeness (QED) is 0.649. The summed E-state index contributed by atoms with van der Waals surface area (Å²) in [5.41, 5.74) is 0.443. The second-order valence-electron chi connectivity index (χ2n) is 3.19. The molecule has 1 fully saturated rings. The molecule has 3 nitrogen and oxygen atoms in total. The molecule has 1 N–H and O–H groups in total. The first-order valence-electron chi connectivity index (χ1n) is 4.60. The van der Waals surface area contributed by atoms with Crippen LogP contribution in [0.5, 0.6) is 0 Å². The van der Waals surface area contributed by atoms with Gasteiger partial charge in [-0.3, -0.25) is 9.59 Å². The molecule has 0 aromatic heterocycles. The molecule has 1 aliphatic heterocycles. The number of halogens is 1. The molecule has 16 heavy (non-hydrogen) atoms. The minimum atomic E-state index is -0.199. The molecule has 1 aromatic rings. The predicted octanol–water partition coefficient (Wildman–Crippen LogP) is 2.23. The maximum absolute atomic E-state index is 11.8. The number of hydrogen-bond acceptors (Lipinski definition) is 3. The maximum atomic E-state index is 11.8. The summed E-state index contributed by atoms with van der Waals surface area (Å²) in [5, 5.41) is 3.59. The molecule has 2 rings (SSSR count). The first-order chi connectivity index (χ1) is 7.66. The van der Waals surface area contributed by atoms with Crippen molar-refractivity contribution in [2.75, 3.05) is 5.75 Å². The third kappa shape index (κ3) is 2.46. The third-order valence-corrected chi connectivity index (χ3v) is 3.29. The van der Waals surface area contributed by atoms with Crippen molar-refractivity contribution in [2.45, 2.75) is 0 Å². The van der Waals surface area contributed by atoms with Crippen molar-refractivity contribution < 1.29 is 9.59 Å². The molecule has 1 saturated heterocycles. The summed E-state index contributed by atoms with van der Waals surface area (Å²) in [5.74, 6) is 0.0836.